The first kappa shape index (κ1) is 11.0. The van der Waals surface area contributed by atoms with Crippen LogP contribution in [0.15, 0.2) is 0 Å². The summed E-state index contributed by atoms with van der Waals surface area (Å²) in [6.45, 7) is 10.2. The first-order valence-corrected chi connectivity index (χ1v) is 5.20. The Labute approximate surface area is 81.2 Å². The van der Waals surface area contributed by atoms with Gasteiger partial charge in [-0.15, -0.1) is 0 Å². The van der Waals surface area contributed by atoms with Crippen molar-refractivity contribution in [2.24, 2.45) is 11.1 Å². The number of nitrogens with zero attached hydrogens (tertiary/aromatic N) is 1. The molecule has 1 atom stereocenters. The van der Waals surface area contributed by atoms with Crippen LogP contribution in [0.3, 0.4) is 0 Å². The second-order valence-electron chi connectivity index (χ2n) is 4.24. The van der Waals surface area contributed by atoms with Gasteiger partial charge in [0.25, 0.3) is 0 Å². The highest BCUT2D eigenvalue weighted by molar-refractivity contribution is 4.86. The molecule has 1 unspecified atom stereocenters. The third-order valence-corrected chi connectivity index (χ3v) is 2.89. The van der Waals surface area contributed by atoms with E-state index in [1.54, 1.807) is 0 Å². The van der Waals surface area contributed by atoms with Crippen molar-refractivity contribution in [2.45, 2.75) is 20.3 Å². The van der Waals surface area contributed by atoms with Crippen LogP contribution in [-0.4, -0.2) is 44.3 Å². The molecule has 0 bridgehead atoms. The number of hydrogen-bond donors (Lipinski definition) is 1. The second-order valence-corrected chi connectivity index (χ2v) is 4.24. The van der Waals surface area contributed by atoms with E-state index in [4.69, 9.17) is 10.5 Å². The van der Waals surface area contributed by atoms with Crippen molar-refractivity contribution in [1.82, 2.24) is 4.90 Å². The fourth-order valence-electron chi connectivity index (χ4n) is 1.82. The van der Waals surface area contributed by atoms with Crippen LogP contribution in [0.25, 0.3) is 0 Å². The average molecular weight is 186 g/mol. The fraction of sp³-hybridized carbons (Fsp3) is 1.00. The van der Waals surface area contributed by atoms with Gasteiger partial charge < -0.3 is 15.4 Å². The molecule has 13 heavy (non-hydrogen) atoms. The minimum absolute atomic E-state index is 0.353. The Morgan fingerprint density at radius 3 is 2.85 bits per heavy atom. The first-order valence-electron chi connectivity index (χ1n) is 5.20. The van der Waals surface area contributed by atoms with E-state index in [0.717, 1.165) is 32.8 Å². The Morgan fingerprint density at radius 2 is 2.31 bits per heavy atom. The molecule has 1 aliphatic heterocycles. The predicted octanol–water partition coefficient (Wildman–Crippen LogP) is 0.694. The number of nitrogens with two attached hydrogens (primary N) is 1. The van der Waals surface area contributed by atoms with E-state index in [1.807, 2.05) is 6.92 Å². The van der Waals surface area contributed by atoms with Crippen LogP contribution in [0.2, 0.25) is 0 Å². The van der Waals surface area contributed by atoms with E-state index in [1.165, 1.54) is 13.0 Å². The van der Waals surface area contributed by atoms with E-state index in [-0.39, 0.29) is 0 Å². The third kappa shape index (κ3) is 3.25. The lowest BCUT2D eigenvalue weighted by Crippen LogP contribution is -2.32. The molecule has 3 heteroatoms. The molecular formula is C10H22N2O. The number of likely N-dealkylation sites (tertiary alicyclic amines) is 1. The predicted molar refractivity (Wildman–Crippen MR) is 54.7 cm³/mol. The van der Waals surface area contributed by atoms with Crippen molar-refractivity contribution >= 4 is 0 Å². The average Bonchev–Trinajstić information content (AvgIpc) is 2.50. The quantitative estimate of drug-likeness (QED) is 0.642. The molecular weight excluding hydrogens is 164 g/mol. The van der Waals surface area contributed by atoms with Crippen LogP contribution >= 0.6 is 0 Å². The van der Waals surface area contributed by atoms with Gasteiger partial charge in [0, 0.05) is 19.7 Å². The Kier molecular flexibility index (Phi) is 4.16. The zero-order valence-electron chi connectivity index (χ0n) is 8.88. The molecule has 0 aromatic heterocycles. The number of hydrogen-bond acceptors (Lipinski definition) is 3. The Morgan fingerprint density at radius 1 is 1.54 bits per heavy atom. The summed E-state index contributed by atoms with van der Waals surface area (Å²) >= 11 is 0. The summed E-state index contributed by atoms with van der Waals surface area (Å²) in [6.07, 6.45) is 1.23. The first-order chi connectivity index (χ1) is 6.20. The van der Waals surface area contributed by atoms with Gasteiger partial charge in [-0.3, -0.25) is 0 Å². The maximum absolute atomic E-state index is 5.73. The lowest BCUT2D eigenvalue weighted by molar-refractivity contribution is 0.118. The van der Waals surface area contributed by atoms with Gasteiger partial charge in [0.05, 0.1) is 6.61 Å². The zero-order chi connectivity index (χ0) is 9.73. The third-order valence-electron chi connectivity index (χ3n) is 2.89. The van der Waals surface area contributed by atoms with Crippen molar-refractivity contribution in [3.8, 4) is 0 Å². The van der Waals surface area contributed by atoms with Crippen molar-refractivity contribution < 1.29 is 4.74 Å². The van der Waals surface area contributed by atoms with Crippen molar-refractivity contribution in [2.75, 3.05) is 39.4 Å². The molecule has 0 radical (unpaired) electrons. The van der Waals surface area contributed by atoms with E-state index >= 15 is 0 Å². The molecule has 0 saturated carbocycles. The number of rotatable bonds is 5. The summed E-state index contributed by atoms with van der Waals surface area (Å²) in [6, 6.07) is 0. The smallest absolute Gasteiger partial charge is 0.0593 e. The molecule has 0 spiro atoms. The summed E-state index contributed by atoms with van der Waals surface area (Å²) in [7, 11) is 0. The van der Waals surface area contributed by atoms with Crippen LogP contribution in [0.4, 0.5) is 0 Å². The maximum atomic E-state index is 5.73. The van der Waals surface area contributed by atoms with Gasteiger partial charge in [-0.05, 0) is 31.8 Å². The molecule has 0 amide bonds. The topological polar surface area (TPSA) is 38.5 Å². The minimum atomic E-state index is 0.353. The van der Waals surface area contributed by atoms with Gasteiger partial charge in [0.1, 0.15) is 0 Å². The van der Waals surface area contributed by atoms with Crippen LogP contribution in [0, 0.1) is 5.41 Å². The molecule has 1 aliphatic rings. The summed E-state index contributed by atoms with van der Waals surface area (Å²) in [5.74, 6) is 0. The molecule has 2 N–H and O–H groups in total. The Bertz CT molecular complexity index is 152. The van der Waals surface area contributed by atoms with Gasteiger partial charge in [-0.2, -0.15) is 0 Å². The fourth-order valence-corrected chi connectivity index (χ4v) is 1.82. The van der Waals surface area contributed by atoms with Gasteiger partial charge in [0.2, 0.25) is 0 Å². The lowest BCUT2D eigenvalue weighted by Gasteiger charge is -2.22. The standard InChI is InChI=1S/C10H22N2O/c1-3-13-7-6-12-5-4-10(2,8-11)9-12/h3-9,11H2,1-2H3. The van der Waals surface area contributed by atoms with Gasteiger partial charge >= 0.3 is 0 Å². The van der Waals surface area contributed by atoms with Crippen molar-refractivity contribution in [3.05, 3.63) is 0 Å². The molecule has 78 valence electrons. The van der Waals surface area contributed by atoms with Crippen LogP contribution in [0.1, 0.15) is 20.3 Å². The molecule has 0 aromatic rings. The minimum Gasteiger partial charge on any atom is -0.380 e. The zero-order valence-corrected chi connectivity index (χ0v) is 8.88. The SMILES string of the molecule is CCOCCN1CCC(C)(CN)C1. The highest BCUT2D eigenvalue weighted by Gasteiger charge is 2.31. The summed E-state index contributed by atoms with van der Waals surface area (Å²) in [4.78, 5) is 2.45. The molecule has 3 nitrogen and oxygen atoms in total. The van der Waals surface area contributed by atoms with E-state index in [2.05, 4.69) is 11.8 Å². The maximum Gasteiger partial charge on any atom is 0.0593 e. The van der Waals surface area contributed by atoms with Crippen molar-refractivity contribution in [3.63, 3.8) is 0 Å². The monoisotopic (exact) mass is 186 g/mol. The summed E-state index contributed by atoms with van der Waals surface area (Å²) in [5, 5.41) is 0. The lowest BCUT2D eigenvalue weighted by atomic mass is 9.90. The van der Waals surface area contributed by atoms with Crippen LogP contribution in [0.5, 0.6) is 0 Å². The van der Waals surface area contributed by atoms with Crippen molar-refractivity contribution in [1.29, 1.82) is 0 Å². The molecule has 0 aliphatic carbocycles. The van der Waals surface area contributed by atoms with Crippen LogP contribution in [-0.2, 0) is 4.74 Å². The molecule has 1 fully saturated rings. The molecule has 1 saturated heterocycles. The number of ether oxygens (including phenoxy) is 1. The normalized spacial score (nSPS) is 29.8. The van der Waals surface area contributed by atoms with Gasteiger partial charge in [0.15, 0.2) is 0 Å². The molecule has 1 rings (SSSR count). The summed E-state index contributed by atoms with van der Waals surface area (Å²) in [5.41, 5.74) is 6.08. The Balaban J connectivity index is 2.17. The van der Waals surface area contributed by atoms with E-state index in [0.29, 0.717) is 5.41 Å². The summed E-state index contributed by atoms with van der Waals surface area (Å²) < 4.78 is 5.32. The van der Waals surface area contributed by atoms with Crippen LogP contribution < -0.4 is 5.73 Å². The highest BCUT2D eigenvalue weighted by atomic mass is 16.5. The Hall–Kier alpha value is -0.120. The largest absolute Gasteiger partial charge is 0.380 e. The second kappa shape index (κ2) is 4.94. The van der Waals surface area contributed by atoms with Gasteiger partial charge in [-0.25, -0.2) is 0 Å². The van der Waals surface area contributed by atoms with Gasteiger partial charge in [-0.1, -0.05) is 6.92 Å². The molecule has 0 aromatic carbocycles. The highest BCUT2D eigenvalue weighted by Crippen LogP contribution is 2.27. The molecule has 1 heterocycles. The van der Waals surface area contributed by atoms with E-state index in [9.17, 15) is 0 Å². The van der Waals surface area contributed by atoms with E-state index < -0.39 is 0 Å².